The van der Waals surface area contributed by atoms with E-state index < -0.39 is 0 Å². The maximum absolute atomic E-state index is 3.61. The quantitative estimate of drug-likeness (QED) is 0.296. The molecule has 0 fully saturated rings. The van der Waals surface area contributed by atoms with E-state index >= 15 is 0 Å². The number of fused-ring (bicyclic) bond motifs is 3. The highest BCUT2D eigenvalue weighted by Crippen LogP contribution is 2.42. The fourth-order valence-electron chi connectivity index (χ4n) is 4.30. The summed E-state index contributed by atoms with van der Waals surface area (Å²) >= 11 is 1.87. The molecule has 1 N–H and O–H groups in total. The summed E-state index contributed by atoms with van der Waals surface area (Å²) in [5, 5.41) is 6.22. The molecule has 0 spiro atoms. The van der Waals surface area contributed by atoms with E-state index in [1.165, 1.54) is 42.4 Å². The van der Waals surface area contributed by atoms with Crippen molar-refractivity contribution in [2.24, 2.45) is 0 Å². The Bertz CT molecular complexity index is 1530. The number of anilines is 2. The third-order valence-electron chi connectivity index (χ3n) is 5.82. The largest absolute Gasteiger partial charge is 0.355 e. The molecule has 152 valence electrons. The van der Waals surface area contributed by atoms with Crippen LogP contribution in [-0.2, 0) is 0 Å². The van der Waals surface area contributed by atoms with Crippen LogP contribution >= 0.6 is 11.3 Å². The van der Waals surface area contributed by atoms with Crippen LogP contribution in [0.15, 0.2) is 121 Å². The van der Waals surface area contributed by atoms with Crippen LogP contribution in [0.4, 0.5) is 11.4 Å². The normalized spacial score (nSPS) is 11.1. The average Bonchev–Trinajstić information content (AvgIpc) is 3.23. The molecule has 32 heavy (non-hydrogen) atoms. The number of hydrogen-bond donors (Lipinski definition) is 1. The summed E-state index contributed by atoms with van der Waals surface area (Å²) in [6, 6.07) is 43.1. The fraction of sp³-hybridized carbons (Fsp3) is 0. The Labute approximate surface area is 191 Å². The van der Waals surface area contributed by atoms with E-state index in [4.69, 9.17) is 0 Å². The zero-order valence-electron chi connectivity index (χ0n) is 17.5. The number of benzene rings is 5. The first-order chi connectivity index (χ1) is 15.8. The van der Waals surface area contributed by atoms with Gasteiger partial charge in [0, 0.05) is 37.1 Å². The Kier molecular flexibility index (Phi) is 4.71. The second-order valence-corrected chi connectivity index (χ2v) is 8.99. The first kappa shape index (κ1) is 18.9. The Balaban J connectivity index is 1.57. The van der Waals surface area contributed by atoms with Gasteiger partial charge in [0.15, 0.2) is 0 Å². The van der Waals surface area contributed by atoms with Gasteiger partial charge in [-0.05, 0) is 53.1 Å². The lowest BCUT2D eigenvalue weighted by molar-refractivity contribution is 1.56. The minimum absolute atomic E-state index is 1.09. The van der Waals surface area contributed by atoms with Crippen molar-refractivity contribution in [2.45, 2.75) is 0 Å². The van der Waals surface area contributed by atoms with Crippen LogP contribution in [-0.4, -0.2) is 0 Å². The molecule has 0 aliphatic rings. The van der Waals surface area contributed by atoms with Crippen molar-refractivity contribution in [1.82, 2.24) is 0 Å². The molecule has 6 rings (SSSR count). The van der Waals surface area contributed by atoms with Gasteiger partial charge in [-0.2, -0.15) is 0 Å². The molecular weight excluding hydrogens is 406 g/mol. The minimum atomic E-state index is 1.09. The number of para-hydroxylation sites is 1. The molecule has 1 heterocycles. The van der Waals surface area contributed by atoms with Gasteiger partial charge < -0.3 is 5.32 Å². The van der Waals surface area contributed by atoms with Crippen LogP contribution in [0.3, 0.4) is 0 Å². The van der Waals surface area contributed by atoms with Crippen molar-refractivity contribution < 1.29 is 0 Å². The first-order valence-electron chi connectivity index (χ1n) is 10.8. The van der Waals surface area contributed by atoms with Gasteiger partial charge in [0.05, 0.1) is 0 Å². The van der Waals surface area contributed by atoms with E-state index in [9.17, 15) is 0 Å². The number of thiophene rings is 1. The first-order valence-corrected chi connectivity index (χ1v) is 11.6. The number of nitrogens with one attached hydrogen (secondary N) is 1. The molecule has 1 nitrogen and oxygen atoms in total. The van der Waals surface area contributed by atoms with Crippen LogP contribution < -0.4 is 5.32 Å². The van der Waals surface area contributed by atoms with Crippen molar-refractivity contribution in [3.63, 3.8) is 0 Å². The van der Waals surface area contributed by atoms with E-state index in [0.717, 1.165) is 11.4 Å². The highest BCUT2D eigenvalue weighted by Gasteiger charge is 2.13. The summed E-state index contributed by atoms with van der Waals surface area (Å²) in [5.41, 5.74) is 7.17. The summed E-state index contributed by atoms with van der Waals surface area (Å²) in [7, 11) is 0. The Hall–Kier alpha value is -3.88. The second kappa shape index (κ2) is 7.99. The highest BCUT2D eigenvalue weighted by atomic mass is 32.1. The van der Waals surface area contributed by atoms with Crippen LogP contribution in [0.5, 0.6) is 0 Å². The van der Waals surface area contributed by atoms with Gasteiger partial charge in [-0.25, -0.2) is 0 Å². The lowest BCUT2D eigenvalue weighted by Gasteiger charge is -2.12. The summed E-state index contributed by atoms with van der Waals surface area (Å²) in [5.74, 6) is 0. The maximum atomic E-state index is 3.61. The molecule has 0 saturated heterocycles. The molecule has 0 bridgehead atoms. The molecule has 0 unspecified atom stereocenters. The molecule has 2 heteroatoms. The van der Waals surface area contributed by atoms with Gasteiger partial charge in [0.2, 0.25) is 0 Å². The molecule has 1 aromatic heterocycles. The summed E-state index contributed by atoms with van der Waals surface area (Å²) in [6.07, 6.45) is 0. The summed E-state index contributed by atoms with van der Waals surface area (Å²) < 4.78 is 2.65. The zero-order valence-corrected chi connectivity index (χ0v) is 18.3. The standard InChI is InChI=1S/C30H21NS/c1-3-10-21(11-4-1)22-12-9-13-23(18-22)27-19-25(31-24-14-5-2-6-15-24)20-28-26-16-7-8-17-29(26)32-30(27)28/h1-20,31H. The fourth-order valence-corrected chi connectivity index (χ4v) is 5.52. The topological polar surface area (TPSA) is 12.0 Å². The average molecular weight is 428 g/mol. The SMILES string of the molecule is c1ccc(Nc2cc(-c3cccc(-c4ccccc4)c3)c3sc4ccccc4c3c2)cc1. The lowest BCUT2D eigenvalue weighted by atomic mass is 9.97. The van der Waals surface area contributed by atoms with E-state index in [1.54, 1.807) is 0 Å². The van der Waals surface area contributed by atoms with Crippen LogP contribution in [0.25, 0.3) is 42.4 Å². The highest BCUT2D eigenvalue weighted by molar-refractivity contribution is 7.26. The van der Waals surface area contributed by atoms with E-state index in [0.29, 0.717) is 0 Å². The van der Waals surface area contributed by atoms with Gasteiger partial charge in [-0.3, -0.25) is 0 Å². The van der Waals surface area contributed by atoms with Gasteiger partial charge in [-0.15, -0.1) is 11.3 Å². The molecule has 0 amide bonds. The zero-order chi connectivity index (χ0) is 21.3. The lowest BCUT2D eigenvalue weighted by Crippen LogP contribution is -1.91. The molecule has 5 aromatic carbocycles. The molecule has 0 saturated carbocycles. The summed E-state index contributed by atoms with van der Waals surface area (Å²) in [6.45, 7) is 0. The predicted molar refractivity (Wildman–Crippen MR) is 140 cm³/mol. The van der Waals surface area contributed by atoms with Crippen LogP contribution in [0.1, 0.15) is 0 Å². The van der Waals surface area contributed by atoms with Crippen molar-refractivity contribution in [2.75, 3.05) is 5.32 Å². The molecule has 0 aliphatic carbocycles. The van der Waals surface area contributed by atoms with Gasteiger partial charge >= 0.3 is 0 Å². The monoisotopic (exact) mass is 427 g/mol. The summed E-state index contributed by atoms with van der Waals surface area (Å²) in [4.78, 5) is 0. The van der Waals surface area contributed by atoms with Crippen molar-refractivity contribution in [3.8, 4) is 22.3 Å². The Morgan fingerprint density at radius 2 is 1.16 bits per heavy atom. The molecule has 6 aromatic rings. The Morgan fingerprint density at radius 1 is 0.469 bits per heavy atom. The van der Waals surface area contributed by atoms with Gasteiger partial charge in [0.1, 0.15) is 0 Å². The molecule has 0 atom stereocenters. The molecular formula is C30H21NS. The van der Waals surface area contributed by atoms with E-state index in [-0.39, 0.29) is 0 Å². The van der Waals surface area contributed by atoms with E-state index in [2.05, 4.69) is 121 Å². The number of rotatable bonds is 4. The van der Waals surface area contributed by atoms with E-state index in [1.807, 2.05) is 17.4 Å². The molecule has 0 aliphatic heterocycles. The maximum Gasteiger partial charge on any atom is 0.0435 e. The smallest absolute Gasteiger partial charge is 0.0435 e. The number of hydrogen-bond acceptors (Lipinski definition) is 2. The van der Waals surface area contributed by atoms with Gasteiger partial charge in [0.25, 0.3) is 0 Å². The van der Waals surface area contributed by atoms with Crippen molar-refractivity contribution in [3.05, 3.63) is 121 Å². The third-order valence-corrected chi connectivity index (χ3v) is 7.04. The van der Waals surface area contributed by atoms with Gasteiger partial charge in [-0.1, -0.05) is 84.9 Å². The van der Waals surface area contributed by atoms with Crippen molar-refractivity contribution >= 4 is 42.9 Å². The van der Waals surface area contributed by atoms with Crippen molar-refractivity contribution in [1.29, 1.82) is 0 Å². The minimum Gasteiger partial charge on any atom is -0.355 e. The van der Waals surface area contributed by atoms with Crippen LogP contribution in [0.2, 0.25) is 0 Å². The predicted octanol–water partition coefficient (Wildman–Crippen LogP) is 9.13. The molecule has 0 radical (unpaired) electrons. The Morgan fingerprint density at radius 3 is 2.00 bits per heavy atom. The van der Waals surface area contributed by atoms with Crippen LogP contribution in [0, 0.1) is 0 Å². The second-order valence-electron chi connectivity index (χ2n) is 7.94. The third kappa shape index (κ3) is 3.45.